The Labute approximate surface area is 125 Å². The lowest BCUT2D eigenvalue weighted by molar-refractivity contribution is 0.0903. The van der Waals surface area contributed by atoms with E-state index in [9.17, 15) is 9.90 Å². The predicted octanol–water partition coefficient (Wildman–Crippen LogP) is 0.339. The van der Waals surface area contributed by atoms with Gasteiger partial charge < -0.3 is 15.7 Å². The van der Waals surface area contributed by atoms with Crippen LogP contribution in [-0.4, -0.2) is 51.7 Å². The summed E-state index contributed by atoms with van der Waals surface area (Å²) in [4.78, 5) is 12.1. The van der Waals surface area contributed by atoms with E-state index >= 15 is 0 Å². The summed E-state index contributed by atoms with van der Waals surface area (Å²) >= 11 is 0. The lowest BCUT2D eigenvalue weighted by atomic mass is 10.0. The van der Waals surface area contributed by atoms with Gasteiger partial charge in [0, 0.05) is 0 Å². The van der Waals surface area contributed by atoms with Crippen molar-refractivity contribution in [2.45, 2.75) is 45.2 Å². The summed E-state index contributed by atoms with van der Waals surface area (Å²) in [5.41, 5.74) is 0.315. The van der Waals surface area contributed by atoms with Gasteiger partial charge in [-0.15, -0.1) is 5.10 Å². The highest BCUT2D eigenvalue weighted by Crippen LogP contribution is 2.17. The minimum Gasteiger partial charge on any atom is -0.394 e. The Morgan fingerprint density at radius 3 is 2.86 bits per heavy atom. The fourth-order valence-electron chi connectivity index (χ4n) is 2.64. The van der Waals surface area contributed by atoms with Gasteiger partial charge in [-0.25, -0.2) is 4.68 Å². The molecule has 21 heavy (non-hydrogen) atoms. The molecule has 7 heteroatoms. The maximum atomic E-state index is 12.1. The summed E-state index contributed by atoms with van der Waals surface area (Å²) in [6, 6.07) is 0.0751. The van der Waals surface area contributed by atoms with Crippen LogP contribution in [0.3, 0.4) is 0 Å². The first-order valence-electron chi connectivity index (χ1n) is 7.64. The largest absolute Gasteiger partial charge is 0.394 e. The molecule has 0 spiro atoms. The number of hydrogen-bond donors (Lipinski definition) is 3. The molecular formula is C14H25N5O2. The standard InChI is InChI=1S/C14H25N5O2/c1-10(2)7-11(9-20)16-14(21)13-8-19(18-17-13)12-3-5-15-6-4-12/h8,10-12,15,20H,3-7,9H2,1-2H3,(H,16,21). The topological polar surface area (TPSA) is 92.1 Å². The second-order valence-electron chi connectivity index (χ2n) is 6.05. The number of rotatable bonds is 6. The first-order chi connectivity index (χ1) is 10.1. The summed E-state index contributed by atoms with van der Waals surface area (Å²) < 4.78 is 1.78. The van der Waals surface area contributed by atoms with Crippen LogP contribution in [0.2, 0.25) is 0 Å². The van der Waals surface area contributed by atoms with Crippen molar-refractivity contribution in [3.63, 3.8) is 0 Å². The van der Waals surface area contributed by atoms with Crippen LogP contribution in [-0.2, 0) is 0 Å². The first kappa shape index (κ1) is 15.9. The molecule has 1 aliphatic heterocycles. The highest BCUT2D eigenvalue weighted by Gasteiger charge is 2.20. The summed E-state index contributed by atoms with van der Waals surface area (Å²) in [7, 11) is 0. The van der Waals surface area contributed by atoms with Gasteiger partial charge in [0.05, 0.1) is 24.9 Å². The number of carbonyl (C=O) groups excluding carboxylic acids is 1. The second-order valence-corrected chi connectivity index (χ2v) is 6.05. The van der Waals surface area contributed by atoms with E-state index in [0.29, 0.717) is 17.7 Å². The third-order valence-electron chi connectivity index (χ3n) is 3.74. The van der Waals surface area contributed by atoms with Crippen molar-refractivity contribution in [2.75, 3.05) is 19.7 Å². The maximum Gasteiger partial charge on any atom is 0.273 e. The van der Waals surface area contributed by atoms with Crippen LogP contribution in [0.25, 0.3) is 0 Å². The van der Waals surface area contributed by atoms with E-state index in [0.717, 1.165) is 32.4 Å². The molecule has 1 atom stereocenters. The van der Waals surface area contributed by atoms with Gasteiger partial charge in [-0.05, 0) is 38.3 Å². The number of piperidine rings is 1. The molecule has 118 valence electrons. The molecule has 1 aromatic heterocycles. The lowest BCUT2D eigenvalue weighted by Crippen LogP contribution is -2.38. The monoisotopic (exact) mass is 295 g/mol. The molecule has 7 nitrogen and oxygen atoms in total. The smallest absolute Gasteiger partial charge is 0.273 e. The Bertz CT molecular complexity index is 454. The van der Waals surface area contributed by atoms with Gasteiger partial charge in [-0.1, -0.05) is 19.1 Å². The Morgan fingerprint density at radius 2 is 2.24 bits per heavy atom. The highest BCUT2D eigenvalue weighted by atomic mass is 16.3. The lowest BCUT2D eigenvalue weighted by Gasteiger charge is -2.22. The van der Waals surface area contributed by atoms with Gasteiger partial charge in [-0.2, -0.15) is 0 Å². The molecule has 1 amide bonds. The van der Waals surface area contributed by atoms with Crippen LogP contribution < -0.4 is 10.6 Å². The van der Waals surface area contributed by atoms with E-state index in [1.807, 2.05) is 0 Å². The Kier molecular flexibility index (Phi) is 5.69. The summed E-state index contributed by atoms with van der Waals surface area (Å²) in [6.07, 6.45) is 4.44. The van der Waals surface area contributed by atoms with Crippen molar-refractivity contribution < 1.29 is 9.90 Å². The molecule has 1 fully saturated rings. The van der Waals surface area contributed by atoms with Crippen molar-refractivity contribution in [1.29, 1.82) is 0 Å². The number of nitrogens with one attached hydrogen (secondary N) is 2. The number of amides is 1. The zero-order valence-electron chi connectivity index (χ0n) is 12.7. The summed E-state index contributed by atoms with van der Waals surface area (Å²) in [5.74, 6) is 0.141. The predicted molar refractivity (Wildman–Crippen MR) is 79.0 cm³/mol. The average molecular weight is 295 g/mol. The fourth-order valence-corrected chi connectivity index (χ4v) is 2.64. The average Bonchev–Trinajstić information content (AvgIpc) is 2.97. The van der Waals surface area contributed by atoms with Crippen LogP contribution >= 0.6 is 0 Å². The molecule has 1 saturated heterocycles. The summed E-state index contributed by atoms with van der Waals surface area (Å²) in [6.45, 7) is 5.98. The van der Waals surface area contributed by atoms with Crippen LogP contribution in [0, 0.1) is 5.92 Å². The number of aliphatic hydroxyl groups excluding tert-OH is 1. The number of carbonyl (C=O) groups is 1. The molecule has 3 N–H and O–H groups in total. The van der Waals surface area contributed by atoms with E-state index in [-0.39, 0.29) is 18.6 Å². The van der Waals surface area contributed by atoms with E-state index in [1.165, 1.54) is 0 Å². The van der Waals surface area contributed by atoms with Gasteiger partial charge in [0.1, 0.15) is 0 Å². The normalized spacial score (nSPS) is 17.9. The minimum atomic E-state index is -0.269. The van der Waals surface area contributed by atoms with Crippen molar-refractivity contribution in [2.24, 2.45) is 5.92 Å². The molecule has 0 aliphatic carbocycles. The molecule has 0 aromatic carbocycles. The zero-order valence-corrected chi connectivity index (χ0v) is 12.7. The van der Waals surface area contributed by atoms with E-state index in [1.54, 1.807) is 10.9 Å². The molecule has 0 radical (unpaired) electrons. The highest BCUT2D eigenvalue weighted by molar-refractivity contribution is 5.92. The van der Waals surface area contributed by atoms with E-state index < -0.39 is 0 Å². The number of aliphatic hydroxyl groups is 1. The van der Waals surface area contributed by atoms with Crippen LogP contribution in [0.1, 0.15) is 49.6 Å². The SMILES string of the molecule is CC(C)CC(CO)NC(=O)c1cn(C2CCNCC2)nn1. The van der Waals surface area contributed by atoms with Gasteiger partial charge in [0.15, 0.2) is 5.69 Å². The number of nitrogens with zero attached hydrogens (tertiary/aromatic N) is 3. The molecule has 0 saturated carbocycles. The molecule has 2 rings (SSSR count). The van der Waals surface area contributed by atoms with Gasteiger partial charge in [-0.3, -0.25) is 4.79 Å². The van der Waals surface area contributed by atoms with Crippen LogP contribution in [0.15, 0.2) is 6.20 Å². The first-order valence-corrected chi connectivity index (χ1v) is 7.64. The van der Waals surface area contributed by atoms with E-state index in [4.69, 9.17) is 0 Å². The third-order valence-corrected chi connectivity index (χ3v) is 3.74. The number of hydrogen-bond acceptors (Lipinski definition) is 5. The van der Waals surface area contributed by atoms with Crippen LogP contribution in [0.5, 0.6) is 0 Å². The third kappa shape index (κ3) is 4.50. The molecule has 2 heterocycles. The van der Waals surface area contributed by atoms with Crippen molar-refractivity contribution in [1.82, 2.24) is 25.6 Å². The molecule has 1 unspecified atom stereocenters. The van der Waals surface area contributed by atoms with Crippen molar-refractivity contribution in [3.8, 4) is 0 Å². The molecule has 1 aliphatic rings. The Hall–Kier alpha value is -1.47. The Balaban J connectivity index is 1.94. The quantitative estimate of drug-likeness (QED) is 0.704. The van der Waals surface area contributed by atoms with Gasteiger partial charge in [0.2, 0.25) is 0 Å². The minimum absolute atomic E-state index is 0.0631. The van der Waals surface area contributed by atoms with Gasteiger partial charge >= 0.3 is 0 Å². The fraction of sp³-hybridized carbons (Fsp3) is 0.786. The molecular weight excluding hydrogens is 270 g/mol. The van der Waals surface area contributed by atoms with Crippen LogP contribution in [0.4, 0.5) is 0 Å². The Morgan fingerprint density at radius 1 is 1.52 bits per heavy atom. The zero-order chi connectivity index (χ0) is 15.2. The van der Waals surface area contributed by atoms with Gasteiger partial charge in [0.25, 0.3) is 5.91 Å². The molecule has 1 aromatic rings. The van der Waals surface area contributed by atoms with E-state index in [2.05, 4.69) is 34.8 Å². The molecule has 0 bridgehead atoms. The summed E-state index contributed by atoms with van der Waals surface area (Å²) in [5, 5.41) is 23.5. The maximum absolute atomic E-state index is 12.1. The number of aromatic nitrogens is 3. The van der Waals surface area contributed by atoms with Crippen molar-refractivity contribution >= 4 is 5.91 Å². The second kappa shape index (κ2) is 7.51. The van der Waals surface area contributed by atoms with Crippen molar-refractivity contribution in [3.05, 3.63) is 11.9 Å².